The predicted molar refractivity (Wildman–Crippen MR) is 87.1 cm³/mol. The minimum absolute atomic E-state index is 0.0515. The minimum atomic E-state index is 0.0515. The molecule has 112 valence electrons. The largest absolute Gasteiger partial charge is 0.393 e. The van der Waals surface area contributed by atoms with E-state index in [1.807, 2.05) is 18.2 Å². The molecule has 3 atom stereocenters. The summed E-state index contributed by atoms with van der Waals surface area (Å²) in [7, 11) is 0. The number of amides is 1. The Labute approximate surface area is 130 Å². The molecule has 0 saturated carbocycles. The van der Waals surface area contributed by atoms with Crippen LogP contribution in [0.4, 0.5) is 0 Å². The maximum atomic E-state index is 11.9. The van der Waals surface area contributed by atoms with Gasteiger partial charge in [0.2, 0.25) is 5.91 Å². The van der Waals surface area contributed by atoms with Gasteiger partial charge < -0.3 is 11.1 Å². The highest BCUT2D eigenvalue weighted by Crippen LogP contribution is 2.29. The maximum Gasteiger partial charge on any atom is 0.224 e. The Kier molecular flexibility index (Phi) is 4.22. The molecule has 3 N–H and O–H groups in total. The normalized spacial score (nSPS) is 27.0. The number of benzene rings is 1. The summed E-state index contributed by atoms with van der Waals surface area (Å²) in [5.41, 5.74) is 7.13. The first kappa shape index (κ1) is 14.5. The summed E-state index contributed by atoms with van der Waals surface area (Å²) in [6.45, 7) is 2.57. The van der Waals surface area contributed by atoms with Crippen molar-refractivity contribution < 1.29 is 4.79 Å². The standard InChI is InChI=1S/C16H21N3OS/c17-15(21)13(11-5-2-1-3-6-11)10-19-8-4-7-12-14(19)9-18-16(12)20/h1-3,5-6,12-14H,4,7-10H2,(H2,17,21)(H,18,20). The molecule has 3 unspecified atom stereocenters. The van der Waals surface area contributed by atoms with E-state index in [1.54, 1.807) is 0 Å². The van der Waals surface area contributed by atoms with E-state index in [0.29, 0.717) is 11.0 Å². The van der Waals surface area contributed by atoms with Crippen LogP contribution < -0.4 is 11.1 Å². The molecule has 5 heteroatoms. The first-order chi connectivity index (χ1) is 10.2. The van der Waals surface area contributed by atoms with Crippen molar-refractivity contribution in [3.8, 4) is 0 Å². The first-order valence-corrected chi connectivity index (χ1v) is 7.93. The van der Waals surface area contributed by atoms with E-state index < -0.39 is 0 Å². The molecule has 1 amide bonds. The Morgan fingerprint density at radius 3 is 2.90 bits per heavy atom. The highest BCUT2D eigenvalue weighted by atomic mass is 32.1. The topological polar surface area (TPSA) is 58.4 Å². The van der Waals surface area contributed by atoms with Crippen LogP contribution in [0.25, 0.3) is 0 Å². The van der Waals surface area contributed by atoms with Gasteiger partial charge in [0.1, 0.15) is 0 Å². The SMILES string of the molecule is NC(=S)C(CN1CCCC2C(=O)NCC21)c1ccccc1. The highest BCUT2D eigenvalue weighted by molar-refractivity contribution is 7.80. The lowest BCUT2D eigenvalue weighted by molar-refractivity contribution is -0.124. The van der Waals surface area contributed by atoms with Gasteiger partial charge in [-0.15, -0.1) is 0 Å². The molecule has 0 aliphatic carbocycles. The summed E-state index contributed by atoms with van der Waals surface area (Å²) in [4.78, 5) is 14.8. The number of hydrogen-bond acceptors (Lipinski definition) is 3. The molecular formula is C16H21N3OS. The number of piperidine rings is 1. The van der Waals surface area contributed by atoms with Crippen molar-refractivity contribution in [1.29, 1.82) is 0 Å². The van der Waals surface area contributed by atoms with Gasteiger partial charge in [-0.2, -0.15) is 0 Å². The van der Waals surface area contributed by atoms with Crippen molar-refractivity contribution >= 4 is 23.1 Å². The van der Waals surface area contributed by atoms with Crippen LogP contribution in [-0.2, 0) is 4.79 Å². The fourth-order valence-electron chi connectivity index (χ4n) is 3.55. The zero-order chi connectivity index (χ0) is 14.8. The second-order valence-corrected chi connectivity index (χ2v) is 6.39. The molecule has 3 rings (SSSR count). The van der Waals surface area contributed by atoms with Crippen molar-refractivity contribution in [2.75, 3.05) is 19.6 Å². The zero-order valence-corrected chi connectivity index (χ0v) is 12.8. The third-order valence-electron chi connectivity index (χ3n) is 4.68. The molecule has 1 aromatic carbocycles. The Balaban J connectivity index is 1.77. The maximum absolute atomic E-state index is 11.9. The average Bonchev–Trinajstić information content (AvgIpc) is 2.88. The van der Waals surface area contributed by atoms with Crippen molar-refractivity contribution in [2.24, 2.45) is 11.7 Å². The molecule has 2 saturated heterocycles. The first-order valence-electron chi connectivity index (χ1n) is 7.53. The second kappa shape index (κ2) is 6.12. The number of carbonyl (C=O) groups is 1. The highest BCUT2D eigenvalue weighted by Gasteiger charge is 2.41. The second-order valence-electron chi connectivity index (χ2n) is 5.92. The van der Waals surface area contributed by atoms with Gasteiger partial charge in [0.15, 0.2) is 0 Å². The third kappa shape index (κ3) is 2.94. The van der Waals surface area contributed by atoms with Crippen LogP contribution in [0.2, 0.25) is 0 Å². The Hall–Kier alpha value is -1.46. The molecule has 0 aromatic heterocycles. The smallest absolute Gasteiger partial charge is 0.224 e. The fraction of sp³-hybridized carbons (Fsp3) is 0.500. The van der Waals surface area contributed by atoms with Gasteiger partial charge in [0.05, 0.1) is 10.9 Å². The summed E-state index contributed by atoms with van der Waals surface area (Å²) >= 11 is 5.28. The predicted octanol–water partition coefficient (Wildman–Crippen LogP) is 1.27. The Morgan fingerprint density at radius 1 is 1.43 bits per heavy atom. The number of rotatable bonds is 4. The van der Waals surface area contributed by atoms with Crippen LogP contribution in [-0.4, -0.2) is 41.5 Å². The van der Waals surface area contributed by atoms with E-state index in [0.717, 1.165) is 38.0 Å². The van der Waals surface area contributed by atoms with Gasteiger partial charge in [-0.05, 0) is 24.9 Å². The van der Waals surface area contributed by atoms with Gasteiger partial charge >= 0.3 is 0 Å². The number of fused-ring (bicyclic) bond motifs is 1. The van der Waals surface area contributed by atoms with Crippen molar-refractivity contribution in [3.05, 3.63) is 35.9 Å². The number of carbonyl (C=O) groups excluding carboxylic acids is 1. The monoisotopic (exact) mass is 303 g/mol. The lowest BCUT2D eigenvalue weighted by Crippen LogP contribution is -2.48. The van der Waals surface area contributed by atoms with E-state index >= 15 is 0 Å². The molecule has 2 fully saturated rings. The van der Waals surface area contributed by atoms with Crippen LogP contribution in [0, 0.1) is 5.92 Å². The van der Waals surface area contributed by atoms with Gasteiger partial charge in [-0.1, -0.05) is 42.5 Å². The van der Waals surface area contributed by atoms with Crippen LogP contribution in [0.5, 0.6) is 0 Å². The molecule has 21 heavy (non-hydrogen) atoms. The van der Waals surface area contributed by atoms with Crippen molar-refractivity contribution in [1.82, 2.24) is 10.2 Å². The van der Waals surface area contributed by atoms with E-state index in [9.17, 15) is 4.79 Å². The molecular weight excluding hydrogens is 282 g/mol. The van der Waals surface area contributed by atoms with Crippen molar-refractivity contribution in [2.45, 2.75) is 24.8 Å². The van der Waals surface area contributed by atoms with Gasteiger partial charge in [0, 0.05) is 25.0 Å². The summed E-state index contributed by atoms with van der Waals surface area (Å²) < 4.78 is 0. The van der Waals surface area contributed by atoms with Crippen LogP contribution in [0.15, 0.2) is 30.3 Å². The van der Waals surface area contributed by atoms with E-state index in [2.05, 4.69) is 22.3 Å². The zero-order valence-electron chi connectivity index (χ0n) is 12.0. The van der Waals surface area contributed by atoms with Gasteiger partial charge in [-0.25, -0.2) is 0 Å². The van der Waals surface area contributed by atoms with Crippen molar-refractivity contribution in [3.63, 3.8) is 0 Å². The van der Waals surface area contributed by atoms with Crippen LogP contribution in [0.1, 0.15) is 24.3 Å². The average molecular weight is 303 g/mol. The van der Waals surface area contributed by atoms with Gasteiger partial charge in [0.25, 0.3) is 0 Å². The number of hydrogen-bond donors (Lipinski definition) is 2. The lowest BCUT2D eigenvalue weighted by Gasteiger charge is -2.37. The van der Waals surface area contributed by atoms with Gasteiger partial charge in [-0.3, -0.25) is 9.69 Å². The molecule has 0 spiro atoms. The summed E-state index contributed by atoms with van der Waals surface area (Å²) in [5.74, 6) is 0.397. The number of nitrogens with two attached hydrogens (primary N) is 1. The summed E-state index contributed by atoms with van der Waals surface area (Å²) in [5, 5.41) is 2.99. The van der Waals surface area contributed by atoms with E-state index in [4.69, 9.17) is 18.0 Å². The third-order valence-corrected chi connectivity index (χ3v) is 4.96. The van der Waals surface area contributed by atoms with Crippen LogP contribution in [0.3, 0.4) is 0 Å². The molecule has 2 aliphatic heterocycles. The molecule has 0 radical (unpaired) electrons. The molecule has 1 aromatic rings. The number of nitrogens with zero attached hydrogens (tertiary/aromatic N) is 1. The number of likely N-dealkylation sites (tertiary alicyclic amines) is 1. The molecule has 0 bridgehead atoms. The Morgan fingerprint density at radius 2 is 2.19 bits per heavy atom. The fourth-order valence-corrected chi connectivity index (χ4v) is 3.76. The quantitative estimate of drug-likeness (QED) is 0.823. The number of thiocarbonyl (C=S) groups is 1. The summed E-state index contributed by atoms with van der Waals surface area (Å²) in [6.07, 6.45) is 2.06. The van der Waals surface area contributed by atoms with Crippen LogP contribution >= 0.6 is 12.2 Å². The van der Waals surface area contributed by atoms with E-state index in [1.165, 1.54) is 0 Å². The minimum Gasteiger partial charge on any atom is -0.393 e. The summed E-state index contributed by atoms with van der Waals surface area (Å²) in [6, 6.07) is 10.5. The molecule has 2 heterocycles. The number of nitrogens with one attached hydrogen (secondary N) is 1. The Bertz CT molecular complexity index is 534. The van der Waals surface area contributed by atoms with E-state index in [-0.39, 0.29) is 17.7 Å². The molecule has 4 nitrogen and oxygen atoms in total. The molecule has 2 aliphatic rings. The lowest BCUT2D eigenvalue weighted by atomic mass is 9.89.